The lowest BCUT2D eigenvalue weighted by Gasteiger charge is -2.35. The molecule has 1 radical (unpaired) electrons. The van der Waals surface area contributed by atoms with E-state index in [4.69, 9.17) is 9.98 Å². The van der Waals surface area contributed by atoms with Crippen LogP contribution in [0.3, 0.4) is 0 Å². The fourth-order valence-electron chi connectivity index (χ4n) is 7.39. The molecule has 2 heterocycles. The molecule has 3 aromatic carbocycles. The van der Waals surface area contributed by atoms with Crippen LogP contribution < -0.4 is 0 Å². The van der Waals surface area contributed by atoms with Gasteiger partial charge < -0.3 is 9.80 Å². The van der Waals surface area contributed by atoms with Crippen LogP contribution in [0, 0.1) is 6.07 Å². The number of benzene rings is 3. The highest BCUT2D eigenvalue weighted by molar-refractivity contribution is 6.05. The van der Waals surface area contributed by atoms with E-state index in [1.165, 1.54) is 75.3 Å². The fourth-order valence-corrected chi connectivity index (χ4v) is 7.39. The topological polar surface area (TPSA) is 31.2 Å². The molecule has 2 fully saturated rings. The first kappa shape index (κ1) is 25.6. The Morgan fingerprint density at radius 1 is 0.500 bits per heavy atom. The Hall–Kier alpha value is -3.40. The molecule has 205 valence electrons. The molecule has 4 heteroatoms. The Kier molecular flexibility index (Phi) is 7.42. The maximum atomic E-state index is 5.38. The van der Waals surface area contributed by atoms with Crippen molar-refractivity contribution in [2.24, 2.45) is 9.98 Å². The predicted octanol–water partition coefficient (Wildman–Crippen LogP) is 7.76. The van der Waals surface area contributed by atoms with Gasteiger partial charge in [-0.05, 0) is 36.8 Å². The van der Waals surface area contributed by atoms with Crippen LogP contribution in [0.4, 0.5) is 0 Å². The maximum Gasteiger partial charge on any atom is 0.132 e. The molecule has 0 unspecified atom stereocenters. The van der Waals surface area contributed by atoms with E-state index in [0.717, 1.165) is 35.9 Å². The summed E-state index contributed by atoms with van der Waals surface area (Å²) in [5.74, 6) is 2.26. The molecule has 4 nitrogen and oxygen atoms in total. The maximum absolute atomic E-state index is 5.38. The molecule has 0 saturated heterocycles. The summed E-state index contributed by atoms with van der Waals surface area (Å²) in [7, 11) is 0. The zero-order chi connectivity index (χ0) is 26.7. The molecule has 2 atom stereocenters. The lowest BCUT2D eigenvalue weighted by atomic mass is 9.93. The van der Waals surface area contributed by atoms with Gasteiger partial charge in [0.25, 0.3) is 0 Å². The van der Waals surface area contributed by atoms with Crippen molar-refractivity contribution in [2.75, 3.05) is 13.1 Å². The van der Waals surface area contributed by atoms with E-state index in [1.807, 2.05) is 0 Å². The standard InChI is InChI=1S/C36H41N4/c1-5-14-27(15-6-1)33-25-39(31-20-9-3-10-21-31)35(37-33)29-18-13-19-30(24-29)36-38-34(28-16-7-2-8-17-28)26-40(36)32-22-11-4-12-23-32/h1-2,5-8,13-19,31-34H,3-4,9-12,20-23,25-26H2/t33-,34-/m1/s1. The molecule has 40 heavy (non-hydrogen) atoms. The van der Waals surface area contributed by atoms with E-state index in [0.29, 0.717) is 12.1 Å². The van der Waals surface area contributed by atoms with Crippen molar-refractivity contribution in [3.63, 3.8) is 0 Å². The van der Waals surface area contributed by atoms with Gasteiger partial charge in [-0.25, -0.2) is 0 Å². The van der Waals surface area contributed by atoms with Gasteiger partial charge in [0.2, 0.25) is 0 Å². The minimum atomic E-state index is 0.181. The van der Waals surface area contributed by atoms with Gasteiger partial charge in [-0.2, -0.15) is 0 Å². The summed E-state index contributed by atoms with van der Waals surface area (Å²) in [4.78, 5) is 16.0. The Morgan fingerprint density at radius 2 is 0.925 bits per heavy atom. The van der Waals surface area contributed by atoms with Crippen molar-refractivity contribution >= 4 is 11.7 Å². The second-order valence-electron chi connectivity index (χ2n) is 12.1. The molecule has 2 aliphatic heterocycles. The normalized spacial score (nSPS) is 24.3. The van der Waals surface area contributed by atoms with Crippen LogP contribution in [-0.2, 0) is 0 Å². The summed E-state index contributed by atoms with van der Waals surface area (Å²) in [6, 6.07) is 33.7. The molecule has 0 aromatic heterocycles. The van der Waals surface area contributed by atoms with E-state index in [9.17, 15) is 0 Å². The molecule has 3 aromatic rings. The van der Waals surface area contributed by atoms with Crippen LogP contribution in [0.15, 0.2) is 88.8 Å². The highest BCUT2D eigenvalue weighted by Gasteiger charge is 2.35. The molecule has 0 N–H and O–H groups in total. The molecule has 4 aliphatic rings. The highest BCUT2D eigenvalue weighted by atomic mass is 15.3. The predicted molar refractivity (Wildman–Crippen MR) is 164 cm³/mol. The van der Waals surface area contributed by atoms with Gasteiger partial charge in [-0.1, -0.05) is 117 Å². The Morgan fingerprint density at radius 3 is 1.35 bits per heavy atom. The minimum absolute atomic E-state index is 0.181. The zero-order valence-corrected chi connectivity index (χ0v) is 23.6. The van der Waals surface area contributed by atoms with Gasteiger partial charge >= 0.3 is 0 Å². The van der Waals surface area contributed by atoms with Crippen LogP contribution in [0.2, 0.25) is 0 Å². The van der Waals surface area contributed by atoms with Gasteiger partial charge in [-0.15, -0.1) is 0 Å². The van der Waals surface area contributed by atoms with Crippen LogP contribution in [-0.4, -0.2) is 46.6 Å². The molecule has 0 bridgehead atoms. The van der Waals surface area contributed by atoms with E-state index in [-0.39, 0.29) is 12.1 Å². The molecule has 0 spiro atoms. The van der Waals surface area contributed by atoms with Gasteiger partial charge in [0.05, 0.1) is 12.1 Å². The summed E-state index contributed by atoms with van der Waals surface area (Å²) in [5.41, 5.74) is 4.86. The lowest BCUT2D eigenvalue weighted by molar-refractivity contribution is 0.250. The van der Waals surface area contributed by atoms with Crippen LogP contribution in [0.25, 0.3) is 0 Å². The monoisotopic (exact) mass is 529 g/mol. The van der Waals surface area contributed by atoms with E-state index < -0.39 is 0 Å². The Bertz CT molecular complexity index is 1230. The van der Waals surface area contributed by atoms with Crippen molar-refractivity contribution in [2.45, 2.75) is 88.4 Å². The third kappa shape index (κ3) is 5.21. The molecular weight excluding hydrogens is 488 g/mol. The average molecular weight is 530 g/mol. The summed E-state index contributed by atoms with van der Waals surface area (Å²) in [6.45, 7) is 1.93. The van der Waals surface area contributed by atoms with Crippen LogP contribution >= 0.6 is 0 Å². The minimum Gasteiger partial charge on any atom is -0.351 e. The molecule has 0 amide bonds. The van der Waals surface area contributed by atoms with Crippen molar-refractivity contribution in [3.05, 3.63) is 107 Å². The number of rotatable bonds is 6. The largest absolute Gasteiger partial charge is 0.351 e. The van der Waals surface area contributed by atoms with Crippen molar-refractivity contribution in [1.29, 1.82) is 0 Å². The second-order valence-corrected chi connectivity index (χ2v) is 12.1. The summed E-state index contributed by atoms with van der Waals surface area (Å²) >= 11 is 0. The smallest absolute Gasteiger partial charge is 0.132 e. The number of hydrogen-bond acceptors (Lipinski definition) is 4. The van der Waals surface area contributed by atoms with Gasteiger partial charge in [0.1, 0.15) is 11.7 Å². The van der Waals surface area contributed by atoms with Crippen LogP contribution in [0.5, 0.6) is 0 Å². The van der Waals surface area contributed by atoms with E-state index in [2.05, 4.69) is 94.7 Å². The summed E-state index contributed by atoms with van der Waals surface area (Å²) < 4.78 is 0. The summed E-state index contributed by atoms with van der Waals surface area (Å²) in [5, 5.41) is 0. The first-order valence-corrected chi connectivity index (χ1v) is 15.7. The quantitative estimate of drug-likeness (QED) is 0.327. The number of aliphatic imine (C=N–C) groups is 2. The first-order chi connectivity index (χ1) is 19.8. The Balaban J connectivity index is 1.24. The van der Waals surface area contributed by atoms with Crippen LogP contribution in [0.1, 0.15) is 98.5 Å². The highest BCUT2D eigenvalue weighted by Crippen LogP contribution is 2.35. The van der Waals surface area contributed by atoms with Crippen molar-refractivity contribution in [1.82, 2.24) is 9.80 Å². The third-order valence-corrected chi connectivity index (χ3v) is 9.52. The first-order valence-electron chi connectivity index (χ1n) is 15.7. The average Bonchev–Trinajstić information content (AvgIpc) is 3.69. The molecule has 2 saturated carbocycles. The third-order valence-electron chi connectivity index (χ3n) is 9.52. The number of amidine groups is 2. The SMILES string of the molecule is [c]1c(C2=N[C@@H](c3ccccc3)CN2C2CCCCC2)cccc1C1=N[C@@H](c2ccccc2)CN1C1CCCCC1. The summed E-state index contributed by atoms with van der Waals surface area (Å²) in [6.07, 6.45) is 13.1. The van der Waals surface area contributed by atoms with Crippen molar-refractivity contribution < 1.29 is 0 Å². The van der Waals surface area contributed by atoms with Crippen molar-refractivity contribution in [3.8, 4) is 0 Å². The molecule has 7 rings (SSSR count). The molecular formula is C36H41N4. The van der Waals surface area contributed by atoms with Gasteiger partial charge in [0.15, 0.2) is 0 Å². The van der Waals surface area contributed by atoms with E-state index in [1.54, 1.807) is 0 Å². The lowest BCUT2D eigenvalue weighted by Crippen LogP contribution is -2.41. The van der Waals surface area contributed by atoms with E-state index >= 15 is 0 Å². The Labute approximate surface area is 239 Å². The second kappa shape index (κ2) is 11.6. The fraction of sp³-hybridized carbons (Fsp3) is 0.444. The zero-order valence-electron chi connectivity index (χ0n) is 23.6. The number of hydrogen-bond donors (Lipinski definition) is 0. The van der Waals surface area contributed by atoms with Gasteiger partial charge in [0, 0.05) is 42.4 Å². The molecule has 2 aliphatic carbocycles. The van der Waals surface area contributed by atoms with Gasteiger partial charge in [-0.3, -0.25) is 9.98 Å². The number of nitrogens with zero attached hydrogens (tertiary/aromatic N) is 4.